The van der Waals surface area contributed by atoms with Crippen LogP contribution in [0.2, 0.25) is 0 Å². The van der Waals surface area contributed by atoms with Crippen LogP contribution in [-0.2, 0) is 9.47 Å². The van der Waals surface area contributed by atoms with E-state index in [1.807, 2.05) is 13.8 Å². The van der Waals surface area contributed by atoms with Crippen LogP contribution in [0.1, 0.15) is 47.0 Å². The molecule has 1 atom stereocenters. The van der Waals surface area contributed by atoms with Crippen molar-refractivity contribution in [2.45, 2.75) is 59.1 Å². The SMILES string of the molecule is CCCC(CC)NCOCCOC(C)C. The van der Waals surface area contributed by atoms with Crippen LogP contribution in [0.5, 0.6) is 0 Å². The summed E-state index contributed by atoms with van der Waals surface area (Å²) in [4.78, 5) is 0. The van der Waals surface area contributed by atoms with Crippen molar-refractivity contribution in [3.05, 3.63) is 0 Å². The van der Waals surface area contributed by atoms with E-state index in [1.165, 1.54) is 19.3 Å². The number of rotatable bonds is 10. The van der Waals surface area contributed by atoms with Gasteiger partial charge in [0, 0.05) is 6.04 Å². The Labute approximate surface area is 94.5 Å². The molecule has 0 rings (SSSR count). The largest absolute Gasteiger partial charge is 0.376 e. The summed E-state index contributed by atoms with van der Waals surface area (Å²) in [7, 11) is 0. The van der Waals surface area contributed by atoms with Crippen molar-refractivity contribution >= 4 is 0 Å². The van der Waals surface area contributed by atoms with Gasteiger partial charge in [-0.2, -0.15) is 0 Å². The van der Waals surface area contributed by atoms with Gasteiger partial charge in [0.05, 0.1) is 26.0 Å². The average molecular weight is 217 g/mol. The van der Waals surface area contributed by atoms with Crippen LogP contribution in [0.4, 0.5) is 0 Å². The second-order valence-electron chi connectivity index (χ2n) is 4.07. The quantitative estimate of drug-likeness (QED) is 0.450. The standard InChI is InChI=1S/C12H27NO2/c1-5-7-12(6-2)13-10-14-8-9-15-11(3)4/h11-13H,5-10H2,1-4H3. The topological polar surface area (TPSA) is 30.5 Å². The van der Waals surface area contributed by atoms with Crippen LogP contribution in [0.3, 0.4) is 0 Å². The van der Waals surface area contributed by atoms with E-state index in [0.29, 0.717) is 32.1 Å². The van der Waals surface area contributed by atoms with Gasteiger partial charge in [-0.25, -0.2) is 0 Å². The maximum atomic E-state index is 5.43. The third-order valence-corrected chi connectivity index (χ3v) is 2.28. The molecule has 92 valence electrons. The Hall–Kier alpha value is -0.120. The summed E-state index contributed by atoms with van der Waals surface area (Å²) in [5.41, 5.74) is 0. The molecule has 0 saturated heterocycles. The summed E-state index contributed by atoms with van der Waals surface area (Å²) in [5.74, 6) is 0. The molecule has 0 amide bonds. The fourth-order valence-electron chi connectivity index (χ4n) is 1.39. The third kappa shape index (κ3) is 10.2. The molecule has 0 aliphatic heterocycles. The molecule has 1 N–H and O–H groups in total. The zero-order valence-electron chi connectivity index (χ0n) is 10.7. The first-order valence-electron chi connectivity index (χ1n) is 6.13. The van der Waals surface area contributed by atoms with Gasteiger partial charge in [-0.05, 0) is 26.7 Å². The van der Waals surface area contributed by atoms with Crippen LogP contribution in [0.15, 0.2) is 0 Å². The van der Waals surface area contributed by atoms with E-state index in [4.69, 9.17) is 9.47 Å². The molecule has 0 saturated carbocycles. The van der Waals surface area contributed by atoms with Crippen molar-refractivity contribution < 1.29 is 9.47 Å². The molecule has 0 radical (unpaired) electrons. The first kappa shape index (κ1) is 14.9. The maximum absolute atomic E-state index is 5.43. The van der Waals surface area contributed by atoms with E-state index < -0.39 is 0 Å². The van der Waals surface area contributed by atoms with Crippen molar-refractivity contribution in [3.63, 3.8) is 0 Å². The minimum atomic E-state index is 0.296. The zero-order chi connectivity index (χ0) is 11.5. The van der Waals surface area contributed by atoms with Crippen LogP contribution in [0, 0.1) is 0 Å². The Kier molecular flexibility index (Phi) is 10.3. The van der Waals surface area contributed by atoms with Gasteiger partial charge in [-0.3, -0.25) is 5.32 Å². The van der Waals surface area contributed by atoms with E-state index in [-0.39, 0.29) is 0 Å². The summed E-state index contributed by atoms with van der Waals surface area (Å²) in [6.07, 6.45) is 3.91. The molecule has 3 heteroatoms. The first-order valence-corrected chi connectivity index (χ1v) is 6.13. The Morgan fingerprint density at radius 1 is 1.13 bits per heavy atom. The first-order chi connectivity index (χ1) is 7.20. The molecule has 3 nitrogen and oxygen atoms in total. The van der Waals surface area contributed by atoms with Gasteiger partial charge in [0.15, 0.2) is 0 Å². The second kappa shape index (κ2) is 10.4. The van der Waals surface area contributed by atoms with Crippen molar-refractivity contribution in [2.24, 2.45) is 0 Å². The lowest BCUT2D eigenvalue weighted by atomic mass is 10.1. The molecule has 0 aromatic rings. The molecule has 0 heterocycles. The molecule has 0 aliphatic carbocycles. The molecule has 15 heavy (non-hydrogen) atoms. The molecule has 0 aromatic carbocycles. The summed E-state index contributed by atoms with van der Waals surface area (Å²) in [6.45, 7) is 10.5. The second-order valence-corrected chi connectivity index (χ2v) is 4.07. The number of hydrogen-bond donors (Lipinski definition) is 1. The Bertz CT molecular complexity index is 129. The third-order valence-electron chi connectivity index (χ3n) is 2.28. The summed E-state index contributed by atoms with van der Waals surface area (Å²) >= 11 is 0. The highest BCUT2D eigenvalue weighted by Gasteiger charge is 2.02. The van der Waals surface area contributed by atoms with E-state index in [2.05, 4.69) is 19.2 Å². The highest BCUT2D eigenvalue weighted by atomic mass is 16.5. The van der Waals surface area contributed by atoms with Crippen molar-refractivity contribution in [2.75, 3.05) is 19.9 Å². The van der Waals surface area contributed by atoms with E-state index in [1.54, 1.807) is 0 Å². The van der Waals surface area contributed by atoms with Crippen LogP contribution in [-0.4, -0.2) is 32.1 Å². The summed E-state index contributed by atoms with van der Waals surface area (Å²) < 4.78 is 10.8. The predicted octanol–water partition coefficient (Wildman–Crippen LogP) is 2.55. The monoisotopic (exact) mass is 217 g/mol. The molecule has 0 aliphatic rings. The van der Waals surface area contributed by atoms with Crippen LogP contribution >= 0.6 is 0 Å². The van der Waals surface area contributed by atoms with Crippen molar-refractivity contribution in [1.29, 1.82) is 0 Å². The highest BCUT2D eigenvalue weighted by Crippen LogP contribution is 2.00. The van der Waals surface area contributed by atoms with Gasteiger partial charge in [0.25, 0.3) is 0 Å². The maximum Gasteiger partial charge on any atom is 0.0968 e. The average Bonchev–Trinajstić information content (AvgIpc) is 2.21. The Morgan fingerprint density at radius 3 is 2.40 bits per heavy atom. The lowest BCUT2D eigenvalue weighted by Gasteiger charge is -2.16. The molecule has 1 unspecified atom stereocenters. The lowest BCUT2D eigenvalue weighted by molar-refractivity contribution is 0.0121. The van der Waals surface area contributed by atoms with Crippen molar-refractivity contribution in [3.8, 4) is 0 Å². The fourth-order valence-corrected chi connectivity index (χ4v) is 1.39. The van der Waals surface area contributed by atoms with Crippen LogP contribution < -0.4 is 5.32 Å². The van der Waals surface area contributed by atoms with Gasteiger partial charge < -0.3 is 9.47 Å². The lowest BCUT2D eigenvalue weighted by Crippen LogP contribution is -2.31. The van der Waals surface area contributed by atoms with E-state index in [0.717, 1.165) is 0 Å². The van der Waals surface area contributed by atoms with E-state index >= 15 is 0 Å². The molecular formula is C12H27NO2. The molecule has 0 bridgehead atoms. The minimum absolute atomic E-state index is 0.296. The fraction of sp³-hybridized carbons (Fsp3) is 1.00. The summed E-state index contributed by atoms with van der Waals surface area (Å²) in [5, 5.41) is 3.38. The Balaban J connectivity index is 3.21. The minimum Gasteiger partial charge on any atom is -0.376 e. The molecule has 0 aromatic heterocycles. The number of nitrogens with one attached hydrogen (secondary N) is 1. The zero-order valence-corrected chi connectivity index (χ0v) is 10.7. The van der Waals surface area contributed by atoms with Gasteiger partial charge in [0.2, 0.25) is 0 Å². The van der Waals surface area contributed by atoms with E-state index in [9.17, 15) is 0 Å². The van der Waals surface area contributed by atoms with Gasteiger partial charge in [0.1, 0.15) is 0 Å². The predicted molar refractivity (Wildman–Crippen MR) is 64.0 cm³/mol. The van der Waals surface area contributed by atoms with Gasteiger partial charge in [-0.1, -0.05) is 20.3 Å². The van der Waals surface area contributed by atoms with Gasteiger partial charge >= 0.3 is 0 Å². The molecular weight excluding hydrogens is 190 g/mol. The molecule has 0 spiro atoms. The number of hydrogen-bond acceptors (Lipinski definition) is 3. The molecule has 0 fully saturated rings. The van der Waals surface area contributed by atoms with Crippen LogP contribution in [0.25, 0.3) is 0 Å². The van der Waals surface area contributed by atoms with Crippen molar-refractivity contribution in [1.82, 2.24) is 5.32 Å². The van der Waals surface area contributed by atoms with Gasteiger partial charge in [-0.15, -0.1) is 0 Å². The highest BCUT2D eigenvalue weighted by molar-refractivity contribution is 4.60. The normalized spacial score (nSPS) is 13.4. The summed E-state index contributed by atoms with van der Waals surface area (Å²) in [6, 6.07) is 0.598. The number of ether oxygens (including phenoxy) is 2. The Morgan fingerprint density at radius 2 is 1.87 bits per heavy atom. The smallest absolute Gasteiger partial charge is 0.0968 e.